The first-order chi connectivity index (χ1) is 6.52. The molecule has 0 fully saturated rings. The van der Waals surface area contributed by atoms with Crippen molar-refractivity contribution in [3.05, 3.63) is 28.2 Å². The fourth-order valence-electron chi connectivity index (χ4n) is 0.876. The van der Waals surface area contributed by atoms with E-state index in [1.54, 1.807) is 0 Å². The molecule has 0 spiro atoms. The van der Waals surface area contributed by atoms with Crippen LogP contribution in [0.2, 0.25) is 0 Å². The minimum atomic E-state index is -0.944. The molecule has 0 saturated heterocycles. The van der Waals surface area contributed by atoms with E-state index in [9.17, 15) is 8.78 Å². The quantitative estimate of drug-likeness (QED) is 0.756. The van der Waals surface area contributed by atoms with Crippen LogP contribution in [-0.4, -0.2) is 6.61 Å². The fourth-order valence-corrected chi connectivity index (χ4v) is 1.18. The Morgan fingerprint density at radius 3 is 2.50 bits per heavy atom. The van der Waals surface area contributed by atoms with Crippen molar-refractivity contribution in [3.8, 4) is 5.75 Å². The molecule has 1 aromatic rings. The van der Waals surface area contributed by atoms with Gasteiger partial charge >= 0.3 is 0 Å². The predicted octanol–water partition coefficient (Wildman–Crippen LogP) is 3.76. The van der Waals surface area contributed by atoms with Crippen LogP contribution in [0.25, 0.3) is 0 Å². The first-order valence-electron chi connectivity index (χ1n) is 4.28. The second-order valence-corrected chi connectivity index (χ2v) is 4.23. The molecule has 0 unspecified atom stereocenters. The Morgan fingerprint density at radius 2 is 1.93 bits per heavy atom. The van der Waals surface area contributed by atoms with Crippen LogP contribution in [0.5, 0.6) is 5.75 Å². The van der Waals surface area contributed by atoms with E-state index in [0.29, 0.717) is 6.61 Å². The molecule has 1 aromatic carbocycles. The van der Waals surface area contributed by atoms with Crippen molar-refractivity contribution < 1.29 is 13.5 Å². The smallest absolute Gasteiger partial charge is 0.201 e. The molecule has 0 aromatic heterocycles. The number of hydrogen-bond donors (Lipinski definition) is 0. The Balaban J connectivity index is 2.83. The molecule has 0 radical (unpaired) electrons. The van der Waals surface area contributed by atoms with Gasteiger partial charge in [0, 0.05) is 0 Å². The zero-order valence-electron chi connectivity index (χ0n) is 7.98. The third kappa shape index (κ3) is 2.67. The van der Waals surface area contributed by atoms with Gasteiger partial charge in [0.15, 0.2) is 11.6 Å². The molecule has 14 heavy (non-hydrogen) atoms. The molecule has 0 saturated carbocycles. The van der Waals surface area contributed by atoms with E-state index in [-0.39, 0.29) is 16.1 Å². The van der Waals surface area contributed by atoms with Crippen molar-refractivity contribution in [1.82, 2.24) is 0 Å². The number of ether oxygens (including phenoxy) is 1. The van der Waals surface area contributed by atoms with E-state index in [0.717, 1.165) is 0 Å². The summed E-state index contributed by atoms with van der Waals surface area (Å²) in [6.45, 7) is 4.25. The van der Waals surface area contributed by atoms with E-state index in [1.807, 2.05) is 13.8 Å². The van der Waals surface area contributed by atoms with Gasteiger partial charge in [0.25, 0.3) is 0 Å². The average molecular weight is 265 g/mol. The van der Waals surface area contributed by atoms with Gasteiger partial charge < -0.3 is 4.74 Å². The second-order valence-electron chi connectivity index (χ2n) is 3.38. The van der Waals surface area contributed by atoms with Crippen molar-refractivity contribution in [2.24, 2.45) is 5.92 Å². The summed E-state index contributed by atoms with van der Waals surface area (Å²) in [5.41, 5.74) is 0. The lowest BCUT2D eigenvalue weighted by Crippen LogP contribution is -2.06. The molecular weight excluding hydrogens is 254 g/mol. The normalized spacial score (nSPS) is 10.7. The highest BCUT2D eigenvalue weighted by Crippen LogP contribution is 2.26. The van der Waals surface area contributed by atoms with Gasteiger partial charge in [-0.1, -0.05) is 13.8 Å². The van der Waals surface area contributed by atoms with Crippen LogP contribution in [-0.2, 0) is 0 Å². The Labute approximate surface area is 90.2 Å². The highest BCUT2D eigenvalue weighted by molar-refractivity contribution is 9.10. The summed E-state index contributed by atoms with van der Waals surface area (Å²) in [6, 6.07) is 2.83. The van der Waals surface area contributed by atoms with Crippen LogP contribution in [0.3, 0.4) is 0 Å². The molecule has 1 nitrogen and oxygen atoms in total. The van der Waals surface area contributed by atoms with Gasteiger partial charge in [0.2, 0.25) is 5.82 Å². The van der Waals surface area contributed by atoms with Crippen LogP contribution in [0, 0.1) is 17.6 Å². The first kappa shape index (κ1) is 11.4. The van der Waals surface area contributed by atoms with Crippen molar-refractivity contribution in [2.75, 3.05) is 6.61 Å². The van der Waals surface area contributed by atoms with Crippen LogP contribution in [0.4, 0.5) is 8.78 Å². The lowest BCUT2D eigenvalue weighted by atomic mass is 10.2. The van der Waals surface area contributed by atoms with Crippen molar-refractivity contribution in [3.63, 3.8) is 0 Å². The predicted molar refractivity (Wildman–Crippen MR) is 54.4 cm³/mol. The molecule has 0 aliphatic rings. The molecule has 0 aliphatic carbocycles. The standard InChI is InChI=1S/C10H11BrF2O/c1-6(2)5-14-8-4-3-7(11)9(12)10(8)13/h3-4,6H,5H2,1-2H3. The number of hydrogen-bond acceptors (Lipinski definition) is 1. The fraction of sp³-hybridized carbons (Fsp3) is 0.400. The van der Waals surface area contributed by atoms with E-state index in [4.69, 9.17) is 4.74 Å². The molecule has 4 heteroatoms. The number of halogens is 3. The maximum Gasteiger partial charge on any atom is 0.201 e. The maximum atomic E-state index is 13.2. The molecule has 78 valence electrons. The van der Waals surface area contributed by atoms with Crippen LogP contribution in [0.1, 0.15) is 13.8 Å². The second kappa shape index (κ2) is 4.73. The average Bonchev–Trinajstić information content (AvgIpc) is 2.13. The lowest BCUT2D eigenvalue weighted by molar-refractivity contribution is 0.255. The van der Waals surface area contributed by atoms with E-state index in [2.05, 4.69) is 15.9 Å². The summed E-state index contributed by atoms with van der Waals surface area (Å²) in [5.74, 6) is -1.62. The van der Waals surface area contributed by atoms with Gasteiger partial charge in [0.05, 0.1) is 11.1 Å². The van der Waals surface area contributed by atoms with Crippen LogP contribution < -0.4 is 4.74 Å². The highest BCUT2D eigenvalue weighted by Gasteiger charge is 2.12. The highest BCUT2D eigenvalue weighted by atomic mass is 79.9. The molecular formula is C10H11BrF2O. The summed E-state index contributed by atoms with van der Waals surface area (Å²) < 4.78 is 31.4. The number of benzene rings is 1. The minimum absolute atomic E-state index is 0.0422. The Hall–Kier alpha value is -0.640. The van der Waals surface area contributed by atoms with Gasteiger partial charge in [-0.05, 0) is 34.0 Å². The van der Waals surface area contributed by atoms with Crippen LogP contribution >= 0.6 is 15.9 Å². The summed E-state index contributed by atoms with van der Waals surface area (Å²) in [4.78, 5) is 0. The van der Waals surface area contributed by atoms with Gasteiger partial charge in [-0.2, -0.15) is 4.39 Å². The maximum absolute atomic E-state index is 13.2. The zero-order valence-corrected chi connectivity index (χ0v) is 9.57. The number of rotatable bonds is 3. The largest absolute Gasteiger partial charge is 0.490 e. The van der Waals surface area contributed by atoms with Crippen molar-refractivity contribution >= 4 is 15.9 Å². The zero-order chi connectivity index (χ0) is 10.7. The third-order valence-electron chi connectivity index (χ3n) is 1.57. The topological polar surface area (TPSA) is 9.23 Å². The van der Waals surface area contributed by atoms with Gasteiger partial charge in [-0.3, -0.25) is 0 Å². The Morgan fingerprint density at radius 1 is 1.29 bits per heavy atom. The van der Waals surface area contributed by atoms with E-state index < -0.39 is 11.6 Å². The summed E-state index contributed by atoms with van der Waals surface area (Å²) in [5, 5.41) is 0. The monoisotopic (exact) mass is 264 g/mol. The molecule has 0 atom stereocenters. The SMILES string of the molecule is CC(C)COc1ccc(Br)c(F)c1F. The first-order valence-corrected chi connectivity index (χ1v) is 5.08. The molecule has 0 amide bonds. The Bertz CT molecular complexity index is 326. The van der Waals surface area contributed by atoms with Crippen molar-refractivity contribution in [1.29, 1.82) is 0 Å². The Kier molecular flexibility index (Phi) is 3.86. The minimum Gasteiger partial charge on any atom is -0.490 e. The molecule has 0 bridgehead atoms. The van der Waals surface area contributed by atoms with E-state index in [1.165, 1.54) is 12.1 Å². The van der Waals surface area contributed by atoms with Gasteiger partial charge in [-0.25, -0.2) is 4.39 Å². The van der Waals surface area contributed by atoms with Crippen LogP contribution in [0.15, 0.2) is 16.6 Å². The molecule has 0 aliphatic heterocycles. The lowest BCUT2D eigenvalue weighted by Gasteiger charge is -2.09. The molecule has 0 N–H and O–H groups in total. The third-order valence-corrected chi connectivity index (χ3v) is 2.18. The van der Waals surface area contributed by atoms with E-state index >= 15 is 0 Å². The summed E-state index contributed by atoms with van der Waals surface area (Å²) in [7, 11) is 0. The van der Waals surface area contributed by atoms with Gasteiger partial charge in [-0.15, -0.1) is 0 Å². The summed E-state index contributed by atoms with van der Waals surface area (Å²) >= 11 is 2.89. The molecule has 0 heterocycles. The molecule has 1 rings (SSSR count). The summed E-state index contributed by atoms with van der Waals surface area (Å²) in [6.07, 6.45) is 0. The van der Waals surface area contributed by atoms with Gasteiger partial charge in [0.1, 0.15) is 0 Å². The van der Waals surface area contributed by atoms with Crippen molar-refractivity contribution in [2.45, 2.75) is 13.8 Å².